The van der Waals surface area contributed by atoms with Crippen molar-refractivity contribution in [2.45, 2.75) is 13.1 Å². The highest BCUT2D eigenvalue weighted by Crippen LogP contribution is 2.24. The van der Waals surface area contributed by atoms with Crippen molar-refractivity contribution in [2.75, 3.05) is 0 Å². The summed E-state index contributed by atoms with van der Waals surface area (Å²) in [6.07, 6.45) is 3.18. The van der Waals surface area contributed by atoms with Gasteiger partial charge in [0.25, 0.3) is 5.91 Å². The number of carbonyl (C=O) groups excluding carboxylic acids is 1. The molecule has 4 rings (SSSR count). The van der Waals surface area contributed by atoms with Crippen molar-refractivity contribution >= 4 is 40.1 Å². The third-order valence-electron chi connectivity index (χ3n) is 4.43. The minimum atomic E-state index is -0.175. The number of benzene rings is 2. The van der Waals surface area contributed by atoms with Crippen LogP contribution in [-0.4, -0.2) is 20.4 Å². The highest BCUT2D eigenvalue weighted by Gasteiger charge is 2.14. The zero-order valence-corrected chi connectivity index (χ0v) is 16.3. The molecule has 0 aliphatic carbocycles. The molecule has 4 aromatic rings. The topological polar surface area (TPSA) is 59.8 Å². The monoisotopic (exact) mass is 410 g/mol. The number of hydrogen-bond acceptors (Lipinski definition) is 3. The smallest absolute Gasteiger partial charge is 0.251 e. The molecule has 0 saturated carbocycles. The summed E-state index contributed by atoms with van der Waals surface area (Å²) in [5, 5.41) is 4.11. The third kappa shape index (κ3) is 3.86. The van der Waals surface area contributed by atoms with Crippen LogP contribution in [-0.2, 0) is 13.1 Å². The number of para-hydroxylation sites is 2. The van der Waals surface area contributed by atoms with Crippen molar-refractivity contribution in [1.82, 2.24) is 19.9 Å². The molecule has 0 spiro atoms. The third-order valence-corrected chi connectivity index (χ3v) is 5.01. The van der Waals surface area contributed by atoms with E-state index in [2.05, 4.69) is 19.9 Å². The van der Waals surface area contributed by atoms with Gasteiger partial charge in [0.05, 0.1) is 24.1 Å². The lowest BCUT2D eigenvalue weighted by atomic mass is 10.2. The van der Waals surface area contributed by atoms with Gasteiger partial charge in [-0.15, -0.1) is 0 Å². The molecule has 0 saturated heterocycles. The van der Waals surface area contributed by atoms with Crippen molar-refractivity contribution in [2.24, 2.45) is 0 Å². The summed E-state index contributed by atoms with van der Waals surface area (Å²) in [5.74, 6) is 0.570. The second kappa shape index (κ2) is 8.00. The normalized spacial score (nSPS) is 10.9. The number of nitrogens with one attached hydrogen (secondary N) is 1. The average molecular weight is 411 g/mol. The van der Waals surface area contributed by atoms with E-state index in [1.54, 1.807) is 30.6 Å². The second-order valence-electron chi connectivity index (χ2n) is 6.26. The highest BCUT2D eigenvalue weighted by molar-refractivity contribution is 6.35. The van der Waals surface area contributed by atoms with Crippen molar-refractivity contribution in [3.8, 4) is 0 Å². The van der Waals surface area contributed by atoms with Crippen molar-refractivity contribution < 1.29 is 4.79 Å². The Kier molecular flexibility index (Phi) is 5.28. The van der Waals surface area contributed by atoms with E-state index in [4.69, 9.17) is 23.2 Å². The first-order valence-electron chi connectivity index (χ1n) is 8.68. The molecule has 0 atom stereocenters. The van der Waals surface area contributed by atoms with E-state index in [9.17, 15) is 4.79 Å². The summed E-state index contributed by atoms with van der Waals surface area (Å²) in [4.78, 5) is 21.0. The van der Waals surface area contributed by atoms with E-state index in [0.29, 0.717) is 28.7 Å². The minimum absolute atomic E-state index is 0.175. The van der Waals surface area contributed by atoms with E-state index >= 15 is 0 Å². The number of carbonyl (C=O) groups is 1. The maximum Gasteiger partial charge on any atom is 0.251 e. The molecule has 2 aromatic heterocycles. The molecule has 0 aliphatic rings. The van der Waals surface area contributed by atoms with Crippen molar-refractivity contribution in [1.29, 1.82) is 0 Å². The van der Waals surface area contributed by atoms with E-state index in [-0.39, 0.29) is 5.91 Å². The second-order valence-corrected chi connectivity index (χ2v) is 7.10. The summed E-state index contributed by atoms with van der Waals surface area (Å²) >= 11 is 12.4. The van der Waals surface area contributed by atoms with E-state index in [0.717, 1.165) is 22.4 Å². The Morgan fingerprint density at radius 2 is 1.82 bits per heavy atom. The predicted octanol–water partition coefficient (Wildman–Crippen LogP) is 4.72. The fourth-order valence-corrected chi connectivity index (χ4v) is 3.49. The van der Waals surface area contributed by atoms with Crippen LogP contribution in [0.4, 0.5) is 0 Å². The summed E-state index contributed by atoms with van der Waals surface area (Å²) in [5.41, 5.74) is 3.32. The molecule has 1 N–H and O–H groups in total. The van der Waals surface area contributed by atoms with E-state index < -0.39 is 0 Å². The fraction of sp³-hybridized carbons (Fsp3) is 0.0952. The number of aromatic nitrogens is 3. The molecule has 140 valence electrons. The van der Waals surface area contributed by atoms with Crippen LogP contribution in [0.15, 0.2) is 67.0 Å². The lowest BCUT2D eigenvalue weighted by Gasteiger charge is -2.12. The molecule has 0 aliphatic heterocycles. The molecule has 1 amide bonds. The van der Waals surface area contributed by atoms with Crippen molar-refractivity contribution in [3.63, 3.8) is 0 Å². The number of imidazole rings is 1. The fourth-order valence-electron chi connectivity index (χ4n) is 3.02. The number of fused-ring (bicyclic) bond motifs is 1. The number of hydrogen-bond donors (Lipinski definition) is 1. The van der Waals surface area contributed by atoms with Crippen LogP contribution in [0.5, 0.6) is 0 Å². The molecule has 2 aromatic carbocycles. The first kappa shape index (κ1) is 18.5. The molecule has 2 heterocycles. The number of pyridine rings is 1. The van der Waals surface area contributed by atoms with Crippen LogP contribution in [0.2, 0.25) is 10.0 Å². The Balaban J connectivity index is 1.64. The largest absolute Gasteiger partial charge is 0.345 e. The van der Waals surface area contributed by atoms with Crippen LogP contribution < -0.4 is 5.32 Å². The molecule has 5 nitrogen and oxygen atoms in total. The van der Waals surface area contributed by atoms with Gasteiger partial charge >= 0.3 is 0 Å². The first-order valence-corrected chi connectivity index (χ1v) is 9.44. The average Bonchev–Trinajstić information content (AvgIpc) is 3.06. The minimum Gasteiger partial charge on any atom is -0.345 e. The van der Waals surface area contributed by atoms with Gasteiger partial charge in [0.2, 0.25) is 0 Å². The van der Waals surface area contributed by atoms with Gasteiger partial charge in [-0.05, 0) is 42.0 Å². The van der Waals surface area contributed by atoms with Gasteiger partial charge in [-0.3, -0.25) is 9.78 Å². The Bertz CT molecular complexity index is 1140. The summed E-state index contributed by atoms with van der Waals surface area (Å²) in [6, 6.07) is 16.6. The van der Waals surface area contributed by atoms with Crippen LogP contribution >= 0.6 is 23.2 Å². The van der Waals surface area contributed by atoms with Crippen LogP contribution in [0.3, 0.4) is 0 Å². The van der Waals surface area contributed by atoms with Crippen LogP contribution in [0.1, 0.15) is 21.7 Å². The number of rotatable bonds is 5. The highest BCUT2D eigenvalue weighted by atomic mass is 35.5. The zero-order valence-electron chi connectivity index (χ0n) is 14.8. The van der Waals surface area contributed by atoms with Gasteiger partial charge in [0, 0.05) is 28.0 Å². The van der Waals surface area contributed by atoms with Gasteiger partial charge in [-0.2, -0.15) is 0 Å². The Labute approximate surface area is 171 Å². The first-order chi connectivity index (χ1) is 13.6. The van der Waals surface area contributed by atoms with Gasteiger partial charge in [0.15, 0.2) is 0 Å². The Morgan fingerprint density at radius 3 is 2.61 bits per heavy atom. The van der Waals surface area contributed by atoms with Crippen molar-refractivity contribution in [3.05, 3.63) is 94.0 Å². The molecular weight excluding hydrogens is 395 g/mol. The molecular formula is C21H16Cl2N4O. The zero-order chi connectivity index (χ0) is 19.5. The lowest BCUT2D eigenvalue weighted by Crippen LogP contribution is -2.25. The maximum atomic E-state index is 12.4. The molecule has 0 fully saturated rings. The number of amides is 1. The molecule has 0 radical (unpaired) electrons. The summed E-state index contributed by atoms with van der Waals surface area (Å²) in [7, 11) is 0. The molecule has 0 unspecified atom stereocenters. The lowest BCUT2D eigenvalue weighted by molar-refractivity contribution is 0.0949. The van der Waals surface area contributed by atoms with E-state index in [1.165, 1.54) is 0 Å². The van der Waals surface area contributed by atoms with E-state index in [1.807, 2.05) is 36.4 Å². The standard InChI is InChI=1S/C21H16Cl2N4O/c22-16-6-5-15(17(23)11-16)13-27-19-4-2-1-3-18(19)26-20(27)12-25-21(28)14-7-9-24-10-8-14/h1-11H,12-13H2,(H,25,28). The number of nitrogens with zero attached hydrogens (tertiary/aromatic N) is 3. The van der Waals surface area contributed by atoms with Gasteiger partial charge in [-0.25, -0.2) is 4.98 Å². The number of halogens is 2. The van der Waals surface area contributed by atoms with Gasteiger partial charge in [-0.1, -0.05) is 41.4 Å². The Morgan fingerprint density at radius 1 is 1.04 bits per heavy atom. The molecule has 28 heavy (non-hydrogen) atoms. The summed E-state index contributed by atoms with van der Waals surface area (Å²) in [6.45, 7) is 0.817. The predicted molar refractivity (Wildman–Crippen MR) is 111 cm³/mol. The molecule has 7 heteroatoms. The van der Waals surface area contributed by atoms with Crippen LogP contribution in [0, 0.1) is 0 Å². The summed E-state index contributed by atoms with van der Waals surface area (Å²) < 4.78 is 2.05. The van der Waals surface area contributed by atoms with Gasteiger partial charge < -0.3 is 9.88 Å². The SMILES string of the molecule is O=C(NCc1nc2ccccc2n1Cc1ccc(Cl)cc1Cl)c1ccncc1. The Hall–Kier alpha value is -2.89. The molecule has 0 bridgehead atoms. The van der Waals surface area contributed by atoms with Crippen LogP contribution in [0.25, 0.3) is 11.0 Å². The van der Waals surface area contributed by atoms with Gasteiger partial charge in [0.1, 0.15) is 5.82 Å². The maximum absolute atomic E-state index is 12.4. The quantitative estimate of drug-likeness (QED) is 0.517.